The number of aliphatic hydroxyl groups is 1. The lowest BCUT2D eigenvalue weighted by Gasteiger charge is -2.36. The summed E-state index contributed by atoms with van der Waals surface area (Å²) in [5.74, 6) is 2.25. The number of benzene rings is 1. The fraction of sp³-hybridized carbons (Fsp3) is 0.480. The Kier molecular flexibility index (Phi) is 6.18. The van der Waals surface area contributed by atoms with E-state index in [-0.39, 0.29) is 12.5 Å². The summed E-state index contributed by atoms with van der Waals surface area (Å²) in [4.78, 5) is 7.79. The molecule has 1 unspecified atom stereocenters. The number of likely N-dealkylation sites (tertiary alicyclic amines) is 1. The highest BCUT2D eigenvalue weighted by molar-refractivity contribution is 7.90. The molecule has 1 atom stereocenters. The fourth-order valence-electron chi connectivity index (χ4n) is 4.81. The van der Waals surface area contributed by atoms with Crippen LogP contribution in [0.4, 0.5) is 13.2 Å². The third-order valence-electron chi connectivity index (χ3n) is 7.10. The Hall–Kier alpha value is -2.39. The molecule has 0 spiro atoms. The van der Waals surface area contributed by atoms with Crippen molar-refractivity contribution in [2.45, 2.75) is 49.7 Å². The van der Waals surface area contributed by atoms with Crippen molar-refractivity contribution in [2.75, 3.05) is 25.4 Å². The topological polar surface area (TPSA) is 64.9 Å². The van der Waals surface area contributed by atoms with Gasteiger partial charge in [0.05, 0.1) is 33.4 Å². The van der Waals surface area contributed by atoms with Crippen molar-refractivity contribution >= 4 is 16.6 Å². The number of halogens is 3. The number of hydrogen-bond acceptors (Lipinski definition) is 4. The van der Waals surface area contributed by atoms with Gasteiger partial charge in [-0.2, -0.15) is 13.2 Å². The van der Waals surface area contributed by atoms with Crippen molar-refractivity contribution < 1.29 is 22.5 Å². The van der Waals surface area contributed by atoms with Gasteiger partial charge in [-0.1, -0.05) is 24.3 Å². The first-order valence-corrected chi connectivity index (χ1v) is 13.0. The summed E-state index contributed by atoms with van der Waals surface area (Å²) in [6, 6.07) is 5.51. The lowest BCUT2D eigenvalue weighted by Crippen LogP contribution is -2.41. The van der Waals surface area contributed by atoms with Gasteiger partial charge in [-0.25, -0.2) is 0 Å². The maximum Gasteiger partial charge on any atom is 0.416 e. The Bertz CT molecular complexity index is 1090. The summed E-state index contributed by atoms with van der Waals surface area (Å²) in [5, 5.41) is 13.2. The van der Waals surface area contributed by atoms with E-state index in [1.165, 1.54) is 0 Å². The molecule has 9 heteroatoms. The molecule has 5 nitrogen and oxygen atoms in total. The second kappa shape index (κ2) is 9.00. The van der Waals surface area contributed by atoms with Crippen molar-refractivity contribution in [1.29, 1.82) is 0 Å². The lowest BCUT2D eigenvalue weighted by atomic mass is 9.89. The Morgan fingerprint density at radius 2 is 1.88 bits per heavy atom. The second-order valence-corrected chi connectivity index (χ2v) is 10.9. The summed E-state index contributed by atoms with van der Waals surface area (Å²) in [6.45, 7) is 1.46. The fourth-order valence-corrected chi connectivity index (χ4v) is 6.19. The number of alkyl halides is 3. The molecule has 1 aliphatic carbocycles. The maximum atomic E-state index is 12.9. The molecule has 3 aliphatic heterocycles. The summed E-state index contributed by atoms with van der Waals surface area (Å²) in [5.41, 5.74) is 0.862. The summed E-state index contributed by atoms with van der Waals surface area (Å²) in [7, 11) is -1.13. The van der Waals surface area contributed by atoms with E-state index in [4.69, 9.17) is 4.99 Å². The van der Waals surface area contributed by atoms with Crippen molar-refractivity contribution in [1.82, 2.24) is 10.2 Å². The minimum atomic E-state index is -4.32. The van der Waals surface area contributed by atoms with Crippen molar-refractivity contribution in [3.8, 4) is 0 Å². The Labute approximate surface area is 199 Å². The van der Waals surface area contributed by atoms with Gasteiger partial charge in [0, 0.05) is 18.8 Å². The van der Waals surface area contributed by atoms with Gasteiger partial charge in [0.2, 0.25) is 0 Å². The molecule has 1 saturated heterocycles. The zero-order chi connectivity index (χ0) is 23.9. The number of amidine groups is 1. The highest BCUT2D eigenvalue weighted by Crippen LogP contribution is 2.40. The van der Waals surface area contributed by atoms with Crippen LogP contribution >= 0.6 is 0 Å². The van der Waals surface area contributed by atoms with Crippen LogP contribution < -0.4 is 5.32 Å². The van der Waals surface area contributed by atoms with Crippen LogP contribution in [0.2, 0.25) is 0 Å². The minimum Gasteiger partial charge on any atom is -0.394 e. The van der Waals surface area contributed by atoms with Crippen molar-refractivity contribution in [2.24, 2.45) is 4.99 Å². The quantitative estimate of drug-likeness (QED) is 0.662. The molecule has 1 saturated carbocycles. The van der Waals surface area contributed by atoms with Crippen molar-refractivity contribution in [3.63, 3.8) is 0 Å². The van der Waals surface area contributed by atoms with E-state index in [1.807, 2.05) is 18.2 Å². The first-order chi connectivity index (χ1) is 16.3. The minimum absolute atomic E-state index is 0.0269. The van der Waals surface area contributed by atoms with Crippen LogP contribution in [0.3, 0.4) is 0 Å². The number of hydrogen-bond donors (Lipinski definition) is 2. The number of nitrogens with zero attached hydrogens (tertiary/aromatic N) is 2. The normalized spacial score (nSPS) is 26.1. The number of piperidine rings is 1. The predicted octanol–water partition coefficient (Wildman–Crippen LogP) is 4.22. The van der Waals surface area contributed by atoms with E-state index >= 15 is 0 Å². The van der Waals surface area contributed by atoms with Gasteiger partial charge in [0.25, 0.3) is 0 Å². The van der Waals surface area contributed by atoms with Crippen LogP contribution in [0.1, 0.15) is 49.1 Å². The number of nitrogens with one attached hydrogen (secondary N) is 1. The van der Waals surface area contributed by atoms with Crippen LogP contribution in [0.5, 0.6) is 0 Å². The molecule has 182 valence electrons. The molecule has 4 aliphatic rings. The van der Waals surface area contributed by atoms with Crippen LogP contribution in [-0.2, 0) is 17.0 Å². The summed E-state index contributed by atoms with van der Waals surface area (Å²) >= 11 is 0. The monoisotopic (exact) mass is 491 g/mol. The van der Waals surface area contributed by atoms with Gasteiger partial charge >= 0.3 is 6.18 Å². The first kappa shape index (κ1) is 23.4. The van der Waals surface area contributed by atoms with Gasteiger partial charge in [0.15, 0.2) is 0 Å². The van der Waals surface area contributed by atoms with E-state index in [1.54, 1.807) is 12.1 Å². The highest BCUT2D eigenvalue weighted by Gasteiger charge is 2.43. The average Bonchev–Trinajstić information content (AvgIpc) is 3.50. The van der Waals surface area contributed by atoms with E-state index in [9.17, 15) is 22.5 Å². The zero-order valence-electron chi connectivity index (χ0n) is 18.8. The van der Waals surface area contributed by atoms with Crippen LogP contribution in [0, 0.1) is 0 Å². The molecule has 0 amide bonds. The van der Waals surface area contributed by atoms with Gasteiger partial charge in [0.1, 0.15) is 11.7 Å². The zero-order valence-corrected chi connectivity index (χ0v) is 19.6. The largest absolute Gasteiger partial charge is 0.416 e. The van der Waals surface area contributed by atoms with Gasteiger partial charge in [-0.3, -0.25) is 9.20 Å². The molecule has 2 fully saturated rings. The third kappa shape index (κ3) is 4.73. The van der Waals surface area contributed by atoms with E-state index in [2.05, 4.69) is 10.2 Å². The molecule has 1 aromatic carbocycles. The molecule has 0 radical (unpaired) electrons. The molecule has 34 heavy (non-hydrogen) atoms. The molecule has 2 N–H and O–H groups in total. The third-order valence-corrected chi connectivity index (χ3v) is 8.59. The van der Waals surface area contributed by atoms with Gasteiger partial charge < -0.3 is 15.3 Å². The Morgan fingerprint density at radius 1 is 1.18 bits per heavy atom. The molecule has 3 heterocycles. The van der Waals surface area contributed by atoms with Crippen LogP contribution in [0.15, 0.2) is 63.8 Å². The summed E-state index contributed by atoms with van der Waals surface area (Å²) in [6.07, 6.45) is 5.67. The van der Waals surface area contributed by atoms with Crippen LogP contribution in [-0.4, -0.2) is 51.0 Å². The molecule has 0 bridgehead atoms. The average molecular weight is 492 g/mol. The highest BCUT2D eigenvalue weighted by atomic mass is 32.2. The Balaban J connectivity index is 1.31. The van der Waals surface area contributed by atoms with Gasteiger partial charge in [-0.15, -0.1) is 0 Å². The maximum absolute atomic E-state index is 12.9. The number of rotatable bonds is 4. The van der Waals surface area contributed by atoms with Gasteiger partial charge in [-0.05, 0) is 67.4 Å². The van der Waals surface area contributed by atoms with E-state index in [0.29, 0.717) is 11.6 Å². The van der Waals surface area contributed by atoms with Crippen molar-refractivity contribution in [3.05, 3.63) is 69.9 Å². The SMILES string of the molecule is O=S1CCC2=C1C(=NC1(CO)CC1)NC(N1CCC(c3ccc(C(F)(F)F)cc3)CC1)=CC=C2. The molecular formula is C25H28F3N3O2S. The lowest BCUT2D eigenvalue weighted by molar-refractivity contribution is -0.137. The smallest absolute Gasteiger partial charge is 0.394 e. The molecule has 5 rings (SSSR count). The Morgan fingerprint density at radius 3 is 2.50 bits per heavy atom. The molecule has 0 aromatic heterocycles. The van der Waals surface area contributed by atoms with E-state index < -0.39 is 28.1 Å². The van der Waals surface area contributed by atoms with Crippen LogP contribution in [0.25, 0.3) is 0 Å². The number of aliphatic hydroxyl groups excluding tert-OH is 1. The number of allylic oxidation sites excluding steroid dienone is 4. The summed E-state index contributed by atoms with van der Waals surface area (Å²) < 4.78 is 51.4. The second-order valence-electron chi connectivity index (χ2n) is 9.41. The first-order valence-electron chi connectivity index (χ1n) is 11.7. The molecular weight excluding hydrogens is 463 g/mol. The molecule has 1 aromatic rings. The predicted molar refractivity (Wildman–Crippen MR) is 126 cm³/mol. The standard InChI is InChI=1S/C25H28F3N3O2S/c26-25(27,28)20-6-4-17(5-7-20)18-8-13-31(14-9-18)21-3-1-2-19-10-15-34(33)22(19)23(29-21)30-24(16-32)11-12-24/h1-7,18,32H,8-16H2,(H,29,30). The number of aliphatic imine (C=N–C) groups is 1. The van der Waals surface area contributed by atoms with E-state index in [0.717, 1.165) is 79.2 Å².